The van der Waals surface area contributed by atoms with Gasteiger partial charge in [0.05, 0.1) is 11.0 Å². The third-order valence-electron chi connectivity index (χ3n) is 5.09. The maximum absolute atomic E-state index is 12.4. The number of halogens is 2. The van der Waals surface area contributed by atoms with E-state index in [9.17, 15) is 4.79 Å². The van der Waals surface area contributed by atoms with Crippen LogP contribution in [0.3, 0.4) is 0 Å². The van der Waals surface area contributed by atoms with E-state index >= 15 is 0 Å². The van der Waals surface area contributed by atoms with Crippen LogP contribution < -0.4 is 11.0 Å². The van der Waals surface area contributed by atoms with Crippen LogP contribution in [0.1, 0.15) is 32.1 Å². The van der Waals surface area contributed by atoms with E-state index in [0.717, 1.165) is 29.0 Å². The molecule has 6 heteroatoms. The standard InChI is InChI=1S/C20H21Cl2N3O/c21-14-8-15(22)10-17(9-14)23-16-6-7-19-18(11-16)24-20(26)25(19)12-13-4-2-1-3-5-13/h6-11,13,23H,1-5,12H2,(H,24,26). The number of benzene rings is 2. The van der Waals surface area contributed by atoms with E-state index in [4.69, 9.17) is 23.2 Å². The summed E-state index contributed by atoms with van der Waals surface area (Å²) in [6.07, 6.45) is 6.31. The molecule has 1 saturated carbocycles. The molecule has 0 amide bonds. The summed E-state index contributed by atoms with van der Waals surface area (Å²) in [5, 5.41) is 4.44. The van der Waals surface area contributed by atoms with Crippen LogP contribution in [0.4, 0.5) is 11.4 Å². The number of fused-ring (bicyclic) bond motifs is 1. The Bertz CT molecular complexity index is 966. The van der Waals surface area contributed by atoms with Crippen LogP contribution in [0.2, 0.25) is 10.0 Å². The van der Waals surface area contributed by atoms with E-state index in [0.29, 0.717) is 16.0 Å². The summed E-state index contributed by atoms with van der Waals surface area (Å²) in [6.45, 7) is 0.801. The number of anilines is 2. The molecular formula is C20H21Cl2N3O. The van der Waals surface area contributed by atoms with Gasteiger partial charge in [-0.15, -0.1) is 0 Å². The van der Waals surface area contributed by atoms with Gasteiger partial charge in [0.25, 0.3) is 0 Å². The fraction of sp³-hybridized carbons (Fsp3) is 0.350. The Morgan fingerprint density at radius 1 is 1.00 bits per heavy atom. The quantitative estimate of drug-likeness (QED) is 0.578. The zero-order valence-corrected chi connectivity index (χ0v) is 15.9. The Hall–Kier alpha value is -1.91. The molecule has 4 rings (SSSR count). The van der Waals surface area contributed by atoms with E-state index in [-0.39, 0.29) is 5.69 Å². The Morgan fingerprint density at radius 3 is 2.46 bits per heavy atom. The van der Waals surface area contributed by atoms with Crippen LogP contribution in [-0.2, 0) is 6.54 Å². The first kappa shape index (κ1) is 17.5. The second kappa shape index (κ2) is 7.37. The van der Waals surface area contributed by atoms with Gasteiger partial charge < -0.3 is 10.3 Å². The van der Waals surface area contributed by atoms with E-state index in [1.54, 1.807) is 6.07 Å². The minimum Gasteiger partial charge on any atom is -0.355 e. The molecule has 0 spiro atoms. The molecular weight excluding hydrogens is 369 g/mol. The highest BCUT2D eigenvalue weighted by Gasteiger charge is 2.17. The first-order chi connectivity index (χ1) is 12.6. The van der Waals surface area contributed by atoms with Gasteiger partial charge in [-0.25, -0.2) is 4.79 Å². The predicted molar refractivity (Wildman–Crippen MR) is 109 cm³/mol. The van der Waals surface area contributed by atoms with Gasteiger partial charge in [-0.1, -0.05) is 42.5 Å². The Kier molecular flexibility index (Phi) is 4.96. The van der Waals surface area contributed by atoms with Gasteiger partial charge in [-0.3, -0.25) is 4.57 Å². The van der Waals surface area contributed by atoms with Gasteiger partial charge in [0.2, 0.25) is 0 Å². The monoisotopic (exact) mass is 389 g/mol. The molecule has 0 saturated heterocycles. The average Bonchev–Trinajstić information content (AvgIpc) is 2.90. The fourth-order valence-electron chi connectivity index (χ4n) is 3.84. The van der Waals surface area contributed by atoms with Crippen molar-refractivity contribution in [2.75, 3.05) is 5.32 Å². The number of imidazole rings is 1. The van der Waals surface area contributed by atoms with Gasteiger partial charge in [-0.2, -0.15) is 0 Å². The largest absolute Gasteiger partial charge is 0.355 e. The maximum Gasteiger partial charge on any atom is 0.326 e. The van der Waals surface area contributed by atoms with Crippen molar-refractivity contribution in [2.45, 2.75) is 38.6 Å². The number of nitrogens with one attached hydrogen (secondary N) is 2. The number of hydrogen-bond donors (Lipinski definition) is 2. The van der Waals surface area contributed by atoms with Gasteiger partial charge in [0.15, 0.2) is 0 Å². The van der Waals surface area contributed by atoms with E-state index in [1.165, 1.54) is 32.1 Å². The van der Waals surface area contributed by atoms with Crippen molar-refractivity contribution in [1.29, 1.82) is 0 Å². The fourth-order valence-corrected chi connectivity index (χ4v) is 4.37. The molecule has 0 atom stereocenters. The first-order valence-electron chi connectivity index (χ1n) is 9.04. The molecule has 2 N–H and O–H groups in total. The second-order valence-electron chi connectivity index (χ2n) is 7.06. The molecule has 3 aromatic rings. The predicted octanol–water partition coefficient (Wildman–Crippen LogP) is 5.96. The number of nitrogens with zero attached hydrogens (tertiary/aromatic N) is 1. The molecule has 0 radical (unpaired) electrons. The molecule has 1 fully saturated rings. The van der Waals surface area contributed by atoms with Crippen LogP contribution in [0.25, 0.3) is 11.0 Å². The zero-order valence-electron chi connectivity index (χ0n) is 14.4. The topological polar surface area (TPSA) is 49.8 Å². The van der Waals surface area contributed by atoms with Crippen LogP contribution in [-0.4, -0.2) is 9.55 Å². The molecule has 0 bridgehead atoms. The van der Waals surface area contributed by atoms with Crippen molar-refractivity contribution in [3.8, 4) is 0 Å². The zero-order chi connectivity index (χ0) is 18.1. The number of H-pyrrole nitrogens is 1. The lowest BCUT2D eigenvalue weighted by molar-refractivity contribution is 0.319. The van der Waals surface area contributed by atoms with E-state index < -0.39 is 0 Å². The average molecular weight is 390 g/mol. The molecule has 26 heavy (non-hydrogen) atoms. The number of hydrogen-bond acceptors (Lipinski definition) is 2. The maximum atomic E-state index is 12.4. The number of aromatic amines is 1. The Morgan fingerprint density at radius 2 is 1.73 bits per heavy atom. The van der Waals surface area contributed by atoms with Gasteiger partial charge in [0, 0.05) is 28.0 Å². The summed E-state index contributed by atoms with van der Waals surface area (Å²) in [5.41, 5.74) is 3.44. The smallest absolute Gasteiger partial charge is 0.326 e. The van der Waals surface area contributed by atoms with Gasteiger partial charge >= 0.3 is 5.69 Å². The molecule has 1 heterocycles. The summed E-state index contributed by atoms with van der Waals surface area (Å²) in [6, 6.07) is 11.2. The number of rotatable bonds is 4. The highest BCUT2D eigenvalue weighted by Crippen LogP contribution is 2.28. The van der Waals surface area contributed by atoms with Crippen molar-refractivity contribution < 1.29 is 0 Å². The SMILES string of the molecule is O=c1[nH]c2cc(Nc3cc(Cl)cc(Cl)c3)ccc2n1CC1CCCCC1. The van der Waals surface area contributed by atoms with Crippen molar-refractivity contribution >= 4 is 45.6 Å². The molecule has 0 unspecified atom stereocenters. The minimum absolute atomic E-state index is 0.0338. The molecule has 0 aliphatic heterocycles. The van der Waals surface area contributed by atoms with Crippen LogP contribution in [0.15, 0.2) is 41.2 Å². The van der Waals surface area contributed by atoms with Crippen LogP contribution in [0.5, 0.6) is 0 Å². The Labute approximate surface area is 162 Å². The third kappa shape index (κ3) is 3.76. The minimum atomic E-state index is -0.0338. The van der Waals surface area contributed by atoms with Crippen LogP contribution >= 0.6 is 23.2 Å². The molecule has 1 aliphatic rings. The lowest BCUT2D eigenvalue weighted by Gasteiger charge is -2.21. The highest BCUT2D eigenvalue weighted by atomic mass is 35.5. The van der Waals surface area contributed by atoms with E-state index in [1.807, 2.05) is 34.9 Å². The molecule has 136 valence electrons. The van der Waals surface area contributed by atoms with Crippen molar-refractivity contribution in [3.05, 3.63) is 56.9 Å². The van der Waals surface area contributed by atoms with E-state index in [2.05, 4.69) is 10.3 Å². The summed E-state index contributed by atoms with van der Waals surface area (Å²) < 4.78 is 1.88. The third-order valence-corrected chi connectivity index (χ3v) is 5.53. The number of aromatic nitrogens is 2. The van der Waals surface area contributed by atoms with Crippen molar-refractivity contribution in [2.24, 2.45) is 5.92 Å². The highest BCUT2D eigenvalue weighted by molar-refractivity contribution is 6.35. The van der Waals surface area contributed by atoms with Gasteiger partial charge in [0.1, 0.15) is 0 Å². The molecule has 2 aromatic carbocycles. The van der Waals surface area contributed by atoms with Crippen molar-refractivity contribution in [3.63, 3.8) is 0 Å². The Balaban J connectivity index is 1.60. The summed E-state index contributed by atoms with van der Waals surface area (Å²) in [5.74, 6) is 0.604. The summed E-state index contributed by atoms with van der Waals surface area (Å²) in [7, 11) is 0. The molecule has 1 aliphatic carbocycles. The summed E-state index contributed by atoms with van der Waals surface area (Å²) >= 11 is 12.1. The second-order valence-corrected chi connectivity index (χ2v) is 7.93. The normalized spacial score (nSPS) is 15.5. The van der Waals surface area contributed by atoms with Gasteiger partial charge in [-0.05, 0) is 55.2 Å². The lowest BCUT2D eigenvalue weighted by atomic mass is 9.89. The van der Waals surface area contributed by atoms with Crippen molar-refractivity contribution in [1.82, 2.24) is 9.55 Å². The first-order valence-corrected chi connectivity index (χ1v) is 9.80. The lowest BCUT2D eigenvalue weighted by Crippen LogP contribution is -2.22. The van der Waals surface area contributed by atoms with Crippen LogP contribution in [0, 0.1) is 5.92 Å². The molecule has 1 aromatic heterocycles. The molecule has 4 nitrogen and oxygen atoms in total. The summed E-state index contributed by atoms with van der Waals surface area (Å²) in [4.78, 5) is 15.4.